The van der Waals surface area contributed by atoms with E-state index in [9.17, 15) is 37.1 Å². The van der Waals surface area contributed by atoms with Crippen molar-refractivity contribution in [3.8, 4) is 6.07 Å². The number of carbonyl (C=O) groups is 5. The first kappa shape index (κ1) is 39.0. The van der Waals surface area contributed by atoms with Crippen molar-refractivity contribution in [2.45, 2.75) is 57.2 Å². The normalized spacial score (nSPS) is 21.1. The van der Waals surface area contributed by atoms with Gasteiger partial charge in [0.25, 0.3) is 11.8 Å². The van der Waals surface area contributed by atoms with Crippen LogP contribution in [0.1, 0.15) is 75.9 Å². The molecule has 0 aliphatic carbocycles. The number of alkyl halides is 3. The van der Waals surface area contributed by atoms with Gasteiger partial charge in [-0.05, 0) is 98.4 Å². The molecule has 16 heteroatoms. The molecule has 0 saturated carbocycles. The van der Waals surface area contributed by atoms with Gasteiger partial charge >= 0.3 is 6.18 Å². The van der Waals surface area contributed by atoms with Crippen molar-refractivity contribution in [3.05, 3.63) is 82.5 Å². The molecule has 4 fully saturated rings. The van der Waals surface area contributed by atoms with Crippen LogP contribution in [-0.4, -0.2) is 96.2 Å². The van der Waals surface area contributed by atoms with Gasteiger partial charge in [0, 0.05) is 75.7 Å². The number of piperidine rings is 3. The number of hydrogen-bond acceptors (Lipinski definition) is 10. The van der Waals surface area contributed by atoms with Crippen molar-refractivity contribution < 1.29 is 37.1 Å². The molecule has 58 heavy (non-hydrogen) atoms. The molecule has 5 aliphatic rings. The predicted octanol–water partition coefficient (Wildman–Crippen LogP) is 4.62. The zero-order valence-corrected chi connectivity index (χ0v) is 31.8. The second-order valence-electron chi connectivity index (χ2n) is 16.0. The van der Waals surface area contributed by atoms with E-state index < -0.39 is 47.0 Å². The van der Waals surface area contributed by atoms with Crippen LogP contribution >= 0.6 is 0 Å². The highest BCUT2D eigenvalue weighted by Crippen LogP contribution is 2.36. The zero-order chi connectivity index (χ0) is 40.7. The molecule has 2 N–H and O–H groups in total. The van der Waals surface area contributed by atoms with Crippen LogP contribution in [0.4, 0.5) is 30.4 Å². The summed E-state index contributed by atoms with van der Waals surface area (Å²) in [6, 6.07) is 13.4. The molecule has 3 aromatic rings. The Labute approximate surface area is 333 Å². The number of imide groups is 2. The molecule has 13 nitrogen and oxygen atoms in total. The van der Waals surface area contributed by atoms with Gasteiger partial charge in [0.15, 0.2) is 0 Å². The summed E-state index contributed by atoms with van der Waals surface area (Å²) in [5, 5.41) is 14.2. The lowest BCUT2D eigenvalue weighted by Gasteiger charge is -2.43. The van der Waals surface area contributed by atoms with Crippen LogP contribution in [0.15, 0.2) is 54.7 Å². The van der Waals surface area contributed by atoms with Gasteiger partial charge in [0.05, 0.1) is 28.3 Å². The number of benzene rings is 2. The number of nitrogens with one attached hydrogen (secondary N) is 2. The molecular formula is C42H43F3N8O5. The SMILES string of the molecule is N#Cc1ccc(N2CCC(C(=O)Nc3ccc(CC4CN(CC5CCN(c6ccc7c(c6)C(=O)N(C6CCC(=O)NC6=O)C7=O)CC5)C4)cn3)CC2)cc1C(F)(F)F. The second kappa shape index (κ2) is 15.8. The number of hydrogen-bond donors (Lipinski definition) is 2. The zero-order valence-electron chi connectivity index (χ0n) is 31.8. The Morgan fingerprint density at radius 3 is 2.17 bits per heavy atom. The van der Waals surface area contributed by atoms with Gasteiger partial charge in [0.2, 0.25) is 17.7 Å². The molecule has 4 saturated heterocycles. The summed E-state index contributed by atoms with van der Waals surface area (Å²) in [5.41, 5.74) is 1.57. The molecule has 5 aliphatic heterocycles. The monoisotopic (exact) mass is 796 g/mol. The standard InChI is InChI=1S/C42H43F3N8O5/c43-42(44,45)34-19-31(3-2-29(34)20-46)52-15-11-28(12-16-52)38(55)48-36-7-1-26(21-47-36)17-27-23-50(24-27)22-25-9-13-51(14-10-25)30-4-5-32-33(18-30)41(58)53(40(32)57)35-6-8-37(54)49-39(35)56/h1-5,7,18-19,21,25,27-28,35H,6,8-17,22-24H2,(H,47,48,55)(H,49,54,56). The summed E-state index contributed by atoms with van der Waals surface area (Å²) in [4.78, 5) is 75.4. The third-order valence-corrected chi connectivity index (χ3v) is 12.2. The molecule has 0 spiro atoms. The fraction of sp³-hybridized carbons (Fsp3) is 0.452. The molecule has 0 bridgehead atoms. The molecule has 0 radical (unpaired) electrons. The molecule has 1 aromatic heterocycles. The van der Waals surface area contributed by atoms with Gasteiger partial charge < -0.3 is 20.0 Å². The number of pyridine rings is 1. The van der Waals surface area contributed by atoms with Gasteiger partial charge in [-0.25, -0.2) is 4.98 Å². The maximum atomic E-state index is 13.4. The van der Waals surface area contributed by atoms with Crippen molar-refractivity contribution >= 4 is 46.7 Å². The fourth-order valence-corrected chi connectivity index (χ4v) is 8.99. The van der Waals surface area contributed by atoms with Gasteiger partial charge in [-0.15, -0.1) is 0 Å². The van der Waals surface area contributed by atoms with Crippen LogP contribution in [0.3, 0.4) is 0 Å². The Kier molecular flexibility index (Phi) is 10.7. The van der Waals surface area contributed by atoms with Crippen LogP contribution in [0, 0.1) is 29.1 Å². The van der Waals surface area contributed by atoms with Crippen LogP contribution in [0.5, 0.6) is 0 Å². The van der Waals surface area contributed by atoms with Crippen LogP contribution < -0.4 is 20.4 Å². The van der Waals surface area contributed by atoms with E-state index in [1.807, 2.05) is 23.1 Å². The Bertz CT molecular complexity index is 2170. The summed E-state index contributed by atoms with van der Waals surface area (Å²) in [7, 11) is 0. The minimum atomic E-state index is -4.63. The molecule has 302 valence electrons. The number of likely N-dealkylation sites (tertiary alicyclic amines) is 1. The Balaban J connectivity index is 0.746. The third-order valence-electron chi connectivity index (χ3n) is 12.2. The van der Waals surface area contributed by atoms with E-state index in [0.29, 0.717) is 54.8 Å². The molecular weight excluding hydrogens is 754 g/mol. The first-order valence-corrected chi connectivity index (χ1v) is 19.8. The number of carbonyl (C=O) groups excluding carboxylic acids is 5. The van der Waals surface area contributed by atoms with E-state index >= 15 is 0 Å². The lowest BCUT2D eigenvalue weighted by molar-refractivity contribution is -0.138. The number of aromatic nitrogens is 1. The number of halogens is 3. The van der Waals surface area contributed by atoms with Crippen molar-refractivity contribution in [3.63, 3.8) is 0 Å². The quantitative estimate of drug-likeness (QED) is 0.293. The first-order chi connectivity index (χ1) is 27.8. The molecule has 2 aromatic carbocycles. The van der Waals surface area contributed by atoms with Gasteiger partial charge in [-0.3, -0.25) is 34.2 Å². The summed E-state index contributed by atoms with van der Waals surface area (Å²) >= 11 is 0. The van der Waals surface area contributed by atoms with Crippen molar-refractivity contribution in [2.24, 2.45) is 17.8 Å². The van der Waals surface area contributed by atoms with E-state index in [4.69, 9.17) is 5.26 Å². The molecule has 6 heterocycles. The van der Waals surface area contributed by atoms with E-state index in [1.165, 1.54) is 12.1 Å². The van der Waals surface area contributed by atoms with Crippen molar-refractivity contribution in [1.82, 2.24) is 20.1 Å². The first-order valence-electron chi connectivity index (χ1n) is 19.8. The number of nitrogens with zero attached hydrogens (tertiary/aromatic N) is 6. The predicted molar refractivity (Wildman–Crippen MR) is 206 cm³/mol. The molecule has 8 rings (SSSR count). The van der Waals surface area contributed by atoms with E-state index in [1.54, 1.807) is 24.4 Å². The number of amides is 5. The van der Waals surface area contributed by atoms with Crippen molar-refractivity contribution in [2.75, 3.05) is 60.9 Å². The minimum Gasteiger partial charge on any atom is -0.371 e. The maximum Gasteiger partial charge on any atom is 0.417 e. The topological polar surface area (TPSA) is 159 Å². The lowest BCUT2D eigenvalue weighted by atomic mass is 9.89. The second-order valence-corrected chi connectivity index (χ2v) is 16.0. The number of anilines is 3. The van der Waals surface area contributed by atoms with Crippen molar-refractivity contribution in [1.29, 1.82) is 5.26 Å². The summed E-state index contributed by atoms with van der Waals surface area (Å²) in [6.45, 7) is 5.53. The Morgan fingerprint density at radius 1 is 0.845 bits per heavy atom. The fourth-order valence-electron chi connectivity index (χ4n) is 8.99. The summed E-state index contributed by atoms with van der Waals surface area (Å²) < 4.78 is 40.3. The summed E-state index contributed by atoms with van der Waals surface area (Å²) in [5.74, 6) is -0.942. The Hall–Kier alpha value is -5.82. The van der Waals surface area contributed by atoms with E-state index in [0.717, 1.165) is 74.2 Å². The Morgan fingerprint density at radius 2 is 1.52 bits per heavy atom. The lowest BCUT2D eigenvalue weighted by Crippen LogP contribution is -2.54. The van der Waals surface area contributed by atoms with Crippen LogP contribution in [-0.2, 0) is 27.0 Å². The van der Waals surface area contributed by atoms with E-state index in [-0.39, 0.29) is 30.2 Å². The van der Waals surface area contributed by atoms with Gasteiger partial charge in [0.1, 0.15) is 11.9 Å². The highest BCUT2D eigenvalue weighted by atomic mass is 19.4. The number of rotatable bonds is 9. The average molecular weight is 797 g/mol. The highest BCUT2D eigenvalue weighted by Gasteiger charge is 2.45. The number of nitriles is 1. The maximum absolute atomic E-state index is 13.4. The third kappa shape index (κ3) is 8.00. The van der Waals surface area contributed by atoms with Gasteiger partial charge in [-0.1, -0.05) is 6.07 Å². The molecule has 1 unspecified atom stereocenters. The number of fused-ring (bicyclic) bond motifs is 1. The van der Waals surface area contributed by atoms with E-state index in [2.05, 4.69) is 25.4 Å². The van der Waals surface area contributed by atoms with Crippen LogP contribution in [0.2, 0.25) is 0 Å². The van der Waals surface area contributed by atoms with Crippen LogP contribution in [0.25, 0.3) is 0 Å². The van der Waals surface area contributed by atoms with Gasteiger partial charge in [-0.2, -0.15) is 18.4 Å². The largest absolute Gasteiger partial charge is 0.417 e. The smallest absolute Gasteiger partial charge is 0.371 e. The minimum absolute atomic E-state index is 0.0799. The summed E-state index contributed by atoms with van der Waals surface area (Å²) in [6.07, 6.45) is 1.24. The highest BCUT2D eigenvalue weighted by molar-refractivity contribution is 6.23. The molecule has 1 atom stereocenters. The average Bonchev–Trinajstić information content (AvgIpc) is 3.45. The molecule has 5 amide bonds.